The van der Waals surface area contributed by atoms with Gasteiger partial charge in [-0.15, -0.1) is 0 Å². The molecule has 2 aromatic rings. The largest absolute Gasteiger partial charge is 0.384 e. The van der Waals surface area contributed by atoms with Crippen molar-refractivity contribution in [2.45, 2.75) is 18.9 Å². The predicted molar refractivity (Wildman–Crippen MR) is 86.3 cm³/mol. The summed E-state index contributed by atoms with van der Waals surface area (Å²) in [6, 6.07) is 4.13. The van der Waals surface area contributed by atoms with Crippen LogP contribution in [-0.4, -0.2) is 40.0 Å². The van der Waals surface area contributed by atoms with E-state index in [9.17, 15) is 0 Å². The number of H-pyrrole nitrogens is 1. The second-order valence-corrected chi connectivity index (χ2v) is 5.15. The molecule has 114 valence electrons. The van der Waals surface area contributed by atoms with Gasteiger partial charge in [-0.05, 0) is 37.1 Å². The van der Waals surface area contributed by atoms with Crippen LogP contribution in [0.3, 0.4) is 0 Å². The molecule has 6 nitrogen and oxygen atoms in total. The number of amidine groups is 1. The van der Waals surface area contributed by atoms with Crippen molar-refractivity contribution in [1.82, 2.24) is 15.0 Å². The first-order chi connectivity index (χ1) is 10.8. The van der Waals surface area contributed by atoms with Gasteiger partial charge in [0.05, 0.1) is 17.9 Å². The highest BCUT2D eigenvalue weighted by atomic mass is 16.5. The Labute approximate surface area is 129 Å². The summed E-state index contributed by atoms with van der Waals surface area (Å²) in [5.74, 6) is 1.27. The fraction of sp³-hybridized carbons (Fsp3) is 0.312. The summed E-state index contributed by atoms with van der Waals surface area (Å²) in [5, 5.41) is 0. The SMILES string of the molecule is NC(/C=C\c1ncc(-c2ccncc2)[nH]1)=NC1CCOCC1. The van der Waals surface area contributed by atoms with Crippen molar-refractivity contribution < 1.29 is 4.74 Å². The minimum absolute atomic E-state index is 0.266. The van der Waals surface area contributed by atoms with Gasteiger partial charge in [-0.25, -0.2) is 4.98 Å². The van der Waals surface area contributed by atoms with Gasteiger partial charge in [-0.1, -0.05) is 0 Å². The number of hydrogen-bond acceptors (Lipinski definition) is 4. The number of rotatable bonds is 4. The van der Waals surface area contributed by atoms with Crippen LogP contribution in [0.2, 0.25) is 0 Å². The maximum Gasteiger partial charge on any atom is 0.130 e. The van der Waals surface area contributed by atoms with E-state index in [1.165, 1.54) is 0 Å². The summed E-state index contributed by atoms with van der Waals surface area (Å²) in [4.78, 5) is 16.0. The smallest absolute Gasteiger partial charge is 0.130 e. The van der Waals surface area contributed by atoms with Gasteiger partial charge < -0.3 is 15.5 Å². The van der Waals surface area contributed by atoms with E-state index >= 15 is 0 Å². The maximum absolute atomic E-state index is 5.94. The van der Waals surface area contributed by atoms with Gasteiger partial charge in [0.25, 0.3) is 0 Å². The highest BCUT2D eigenvalue weighted by Crippen LogP contribution is 2.15. The summed E-state index contributed by atoms with van der Waals surface area (Å²) >= 11 is 0. The van der Waals surface area contributed by atoms with Gasteiger partial charge >= 0.3 is 0 Å². The first-order valence-electron chi connectivity index (χ1n) is 7.36. The Hall–Kier alpha value is -2.47. The Balaban J connectivity index is 1.65. The third-order valence-electron chi connectivity index (χ3n) is 3.52. The number of nitrogens with one attached hydrogen (secondary N) is 1. The zero-order valence-corrected chi connectivity index (χ0v) is 12.3. The molecule has 1 saturated heterocycles. The number of aliphatic imine (C=N–C) groups is 1. The van der Waals surface area contributed by atoms with Crippen LogP contribution in [0.4, 0.5) is 0 Å². The van der Waals surface area contributed by atoms with Gasteiger partial charge in [0.2, 0.25) is 0 Å². The van der Waals surface area contributed by atoms with Crippen LogP contribution < -0.4 is 5.73 Å². The molecule has 1 aliphatic rings. The molecule has 0 aromatic carbocycles. The first kappa shape index (κ1) is 14.5. The van der Waals surface area contributed by atoms with E-state index in [0.717, 1.165) is 43.1 Å². The topological polar surface area (TPSA) is 89.2 Å². The van der Waals surface area contributed by atoms with E-state index in [1.54, 1.807) is 24.7 Å². The fourth-order valence-corrected chi connectivity index (χ4v) is 2.33. The van der Waals surface area contributed by atoms with Gasteiger partial charge in [0.15, 0.2) is 0 Å². The monoisotopic (exact) mass is 297 g/mol. The van der Waals surface area contributed by atoms with Crippen molar-refractivity contribution in [1.29, 1.82) is 0 Å². The molecule has 2 aromatic heterocycles. The lowest BCUT2D eigenvalue weighted by molar-refractivity contribution is 0.0871. The van der Waals surface area contributed by atoms with Gasteiger partial charge in [-0.2, -0.15) is 0 Å². The number of aromatic nitrogens is 3. The molecule has 0 bridgehead atoms. The summed E-state index contributed by atoms with van der Waals surface area (Å²) in [5.41, 5.74) is 7.94. The molecule has 1 fully saturated rings. The number of nitrogens with two attached hydrogens (primary N) is 1. The molecule has 3 N–H and O–H groups in total. The highest BCUT2D eigenvalue weighted by Gasteiger charge is 2.12. The lowest BCUT2D eigenvalue weighted by Crippen LogP contribution is -2.22. The van der Waals surface area contributed by atoms with Crippen LogP contribution in [0.5, 0.6) is 0 Å². The van der Waals surface area contributed by atoms with Gasteiger partial charge in [0.1, 0.15) is 11.7 Å². The molecule has 0 amide bonds. The van der Waals surface area contributed by atoms with Crippen LogP contribution in [0.15, 0.2) is 41.8 Å². The molecule has 0 saturated carbocycles. The van der Waals surface area contributed by atoms with E-state index in [0.29, 0.717) is 5.84 Å². The minimum atomic E-state index is 0.266. The standard InChI is InChI=1S/C16H19N5O/c17-15(20-13-5-9-22-10-6-13)1-2-16-19-11-14(21-16)12-3-7-18-8-4-12/h1-4,7-8,11,13H,5-6,9-10H2,(H2,17,20)(H,19,21)/b2-1-. The Morgan fingerprint density at radius 2 is 2.09 bits per heavy atom. The number of ether oxygens (including phenoxy) is 1. The molecule has 6 heteroatoms. The summed E-state index contributed by atoms with van der Waals surface area (Å²) in [6.07, 6.45) is 10.8. The lowest BCUT2D eigenvalue weighted by Gasteiger charge is -2.18. The van der Waals surface area contributed by atoms with E-state index in [1.807, 2.05) is 18.2 Å². The molecule has 1 aliphatic heterocycles. The number of imidazole rings is 1. The van der Waals surface area contributed by atoms with E-state index in [2.05, 4.69) is 19.9 Å². The first-order valence-corrected chi connectivity index (χ1v) is 7.36. The van der Waals surface area contributed by atoms with Crippen molar-refractivity contribution >= 4 is 11.9 Å². The molecule has 0 atom stereocenters. The average Bonchev–Trinajstić information content (AvgIpc) is 3.04. The normalized spacial score (nSPS) is 17.2. The second kappa shape index (κ2) is 7.00. The van der Waals surface area contributed by atoms with E-state index in [4.69, 9.17) is 10.5 Å². The summed E-state index contributed by atoms with van der Waals surface area (Å²) in [6.45, 7) is 1.53. The molecule has 0 radical (unpaired) electrons. The third kappa shape index (κ3) is 3.79. The van der Waals surface area contributed by atoms with Crippen molar-refractivity contribution in [3.8, 4) is 11.3 Å². The quantitative estimate of drug-likeness (QED) is 0.667. The molecule has 22 heavy (non-hydrogen) atoms. The zero-order valence-electron chi connectivity index (χ0n) is 12.3. The number of nitrogens with zero attached hydrogens (tertiary/aromatic N) is 3. The Bertz CT molecular complexity index is 656. The number of pyridine rings is 1. The molecular weight excluding hydrogens is 278 g/mol. The summed E-state index contributed by atoms with van der Waals surface area (Å²) in [7, 11) is 0. The zero-order chi connectivity index (χ0) is 15.2. The fourth-order valence-electron chi connectivity index (χ4n) is 2.33. The molecule has 3 heterocycles. The second-order valence-electron chi connectivity index (χ2n) is 5.15. The molecule has 3 rings (SSSR count). The minimum Gasteiger partial charge on any atom is -0.384 e. The molecule has 0 spiro atoms. The van der Waals surface area contributed by atoms with Crippen molar-refractivity contribution in [2.75, 3.05) is 13.2 Å². The van der Waals surface area contributed by atoms with E-state index < -0.39 is 0 Å². The van der Waals surface area contributed by atoms with Gasteiger partial charge in [0, 0.05) is 31.2 Å². The van der Waals surface area contributed by atoms with Crippen LogP contribution >= 0.6 is 0 Å². The van der Waals surface area contributed by atoms with E-state index in [-0.39, 0.29) is 6.04 Å². The summed E-state index contributed by atoms with van der Waals surface area (Å²) < 4.78 is 5.31. The Morgan fingerprint density at radius 3 is 2.86 bits per heavy atom. The maximum atomic E-state index is 5.94. The van der Waals surface area contributed by atoms with Crippen LogP contribution in [0, 0.1) is 0 Å². The van der Waals surface area contributed by atoms with Gasteiger partial charge in [-0.3, -0.25) is 9.98 Å². The van der Waals surface area contributed by atoms with Crippen molar-refractivity contribution in [3.63, 3.8) is 0 Å². The highest BCUT2D eigenvalue weighted by molar-refractivity contribution is 5.94. The molecule has 0 unspecified atom stereocenters. The van der Waals surface area contributed by atoms with Crippen molar-refractivity contribution in [3.05, 3.63) is 42.6 Å². The van der Waals surface area contributed by atoms with Crippen LogP contribution in [0.1, 0.15) is 18.7 Å². The molecule has 0 aliphatic carbocycles. The average molecular weight is 297 g/mol. The predicted octanol–water partition coefficient (Wildman–Crippen LogP) is 2.02. The Kier molecular flexibility index (Phi) is 4.60. The van der Waals surface area contributed by atoms with Crippen molar-refractivity contribution in [2.24, 2.45) is 10.7 Å². The number of aromatic amines is 1. The van der Waals surface area contributed by atoms with Crippen LogP contribution in [-0.2, 0) is 4.74 Å². The molecular formula is C16H19N5O. The number of hydrogen-bond donors (Lipinski definition) is 2. The lowest BCUT2D eigenvalue weighted by atomic mass is 10.1. The third-order valence-corrected chi connectivity index (χ3v) is 3.52. The Morgan fingerprint density at radius 1 is 1.32 bits per heavy atom. The van der Waals surface area contributed by atoms with Crippen LogP contribution in [0.25, 0.3) is 17.3 Å².